The summed E-state index contributed by atoms with van der Waals surface area (Å²) >= 11 is 0. The Hall–Kier alpha value is -1.18. The first-order valence-electron chi connectivity index (χ1n) is 3.39. The van der Waals surface area contributed by atoms with E-state index in [4.69, 9.17) is 4.74 Å². The van der Waals surface area contributed by atoms with Crippen molar-refractivity contribution < 1.29 is 4.74 Å². The van der Waals surface area contributed by atoms with Crippen molar-refractivity contribution in [3.05, 3.63) is 36.3 Å². The van der Waals surface area contributed by atoms with Gasteiger partial charge in [0, 0.05) is 0 Å². The summed E-state index contributed by atoms with van der Waals surface area (Å²) < 4.78 is 5.27. The van der Waals surface area contributed by atoms with Crippen molar-refractivity contribution >= 4 is 0 Å². The molecule has 1 unspecified atom stereocenters. The Labute approximate surface area is 59.9 Å². The maximum Gasteiger partial charge on any atom is 0.191 e. The molecule has 2 aliphatic heterocycles. The van der Waals surface area contributed by atoms with Gasteiger partial charge in [-0.3, -0.25) is 0 Å². The molecule has 2 nitrogen and oxygen atoms in total. The van der Waals surface area contributed by atoms with Crippen LogP contribution in [0.5, 0.6) is 0 Å². The van der Waals surface area contributed by atoms with Gasteiger partial charge in [-0.15, -0.1) is 0 Å². The standard InChI is InChI=1S/C8H9NO/c1-3-7-4-2-6-10-8(7)9-5-1/h1-3,5-6,8-9H,4H2. The Morgan fingerprint density at radius 1 is 1.60 bits per heavy atom. The zero-order chi connectivity index (χ0) is 6.81. The fourth-order valence-electron chi connectivity index (χ4n) is 1.13. The minimum absolute atomic E-state index is 0.0926. The van der Waals surface area contributed by atoms with E-state index >= 15 is 0 Å². The summed E-state index contributed by atoms with van der Waals surface area (Å²) in [5.41, 5.74) is 1.30. The lowest BCUT2D eigenvalue weighted by Gasteiger charge is -2.24. The van der Waals surface area contributed by atoms with Gasteiger partial charge in [0.1, 0.15) is 0 Å². The second kappa shape index (κ2) is 2.21. The van der Waals surface area contributed by atoms with Gasteiger partial charge in [0.15, 0.2) is 6.23 Å². The second-order valence-corrected chi connectivity index (χ2v) is 2.36. The summed E-state index contributed by atoms with van der Waals surface area (Å²) in [6.07, 6.45) is 10.8. The molecule has 0 aromatic carbocycles. The first-order chi connectivity index (χ1) is 4.97. The zero-order valence-electron chi connectivity index (χ0n) is 5.58. The molecule has 0 saturated carbocycles. The Morgan fingerprint density at radius 3 is 3.50 bits per heavy atom. The smallest absolute Gasteiger partial charge is 0.191 e. The summed E-state index contributed by atoms with van der Waals surface area (Å²) in [6, 6.07) is 0. The zero-order valence-corrected chi connectivity index (χ0v) is 5.58. The Bertz CT molecular complexity index is 215. The molecule has 2 heterocycles. The Kier molecular flexibility index (Phi) is 1.24. The highest BCUT2D eigenvalue weighted by atomic mass is 16.5. The van der Waals surface area contributed by atoms with Crippen LogP contribution in [0.3, 0.4) is 0 Å². The third kappa shape index (κ3) is 0.817. The topological polar surface area (TPSA) is 21.3 Å². The monoisotopic (exact) mass is 135 g/mol. The summed E-state index contributed by atoms with van der Waals surface area (Å²) in [4.78, 5) is 0. The molecule has 0 saturated heterocycles. The van der Waals surface area contributed by atoms with Crippen LogP contribution in [0.15, 0.2) is 36.3 Å². The molecule has 2 heteroatoms. The van der Waals surface area contributed by atoms with Crippen LogP contribution in [0.1, 0.15) is 6.42 Å². The summed E-state index contributed by atoms with van der Waals surface area (Å²) in [7, 11) is 0. The third-order valence-electron chi connectivity index (χ3n) is 1.66. The number of hydrogen-bond donors (Lipinski definition) is 1. The molecular weight excluding hydrogens is 126 g/mol. The fraction of sp³-hybridized carbons (Fsp3) is 0.250. The lowest BCUT2D eigenvalue weighted by atomic mass is 10.1. The van der Waals surface area contributed by atoms with Gasteiger partial charge < -0.3 is 10.1 Å². The van der Waals surface area contributed by atoms with Gasteiger partial charge >= 0.3 is 0 Å². The second-order valence-electron chi connectivity index (χ2n) is 2.36. The van der Waals surface area contributed by atoms with Crippen LogP contribution in [0, 0.1) is 0 Å². The predicted octanol–water partition coefficient (Wildman–Crippen LogP) is 1.29. The van der Waals surface area contributed by atoms with Gasteiger partial charge in [0.05, 0.1) is 6.26 Å². The number of nitrogens with one attached hydrogen (secondary N) is 1. The average molecular weight is 135 g/mol. The van der Waals surface area contributed by atoms with Crippen molar-refractivity contribution in [3.8, 4) is 0 Å². The number of allylic oxidation sites excluding steroid dienone is 3. The number of hydrogen-bond acceptors (Lipinski definition) is 2. The van der Waals surface area contributed by atoms with E-state index in [1.165, 1.54) is 5.57 Å². The Balaban J connectivity index is 2.23. The summed E-state index contributed by atoms with van der Waals surface area (Å²) in [6.45, 7) is 0. The maximum absolute atomic E-state index is 5.27. The highest BCUT2D eigenvalue weighted by molar-refractivity contribution is 5.24. The number of dihydropyridines is 1. The molecule has 2 rings (SSSR count). The van der Waals surface area contributed by atoms with E-state index in [9.17, 15) is 0 Å². The van der Waals surface area contributed by atoms with Crippen LogP contribution in [0.25, 0.3) is 0 Å². The lowest BCUT2D eigenvalue weighted by Crippen LogP contribution is -2.31. The molecule has 1 atom stereocenters. The predicted molar refractivity (Wildman–Crippen MR) is 39.0 cm³/mol. The number of ether oxygens (including phenoxy) is 1. The summed E-state index contributed by atoms with van der Waals surface area (Å²) in [5, 5.41) is 3.10. The number of fused-ring (bicyclic) bond motifs is 1. The quantitative estimate of drug-likeness (QED) is 0.540. The fourth-order valence-corrected chi connectivity index (χ4v) is 1.13. The molecule has 0 amide bonds. The maximum atomic E-state index is 5.27. The van der Waals surface area contributed by atoms with Gasteiger partial charge in [-0.25, -0.2) is 0 Å². The van der Waals surface area contributed by atoms with Gasteiger partial charge in [0.25, 0.3) is 0 Å². The SMILES string of the molecule is C1=CNC2OC=CCC2=C1. The van der Waals surface area contributed by atoms with Gasteiger partial charge in [-0.05, 0) is 30.3 Å². The molecule has 0 aromatic rings. The van der Waals surface area contributed by atoms with Crippen molar-refractivity contribution in [2.45, 2.75) is 12.6 Å². The van der Waals surface area contributed by atoms with Crippen LogP contribution < -0.4 is 5.32 Å². The van der Waals surface area contributed by atoms with Gasteiger partial charge in [0.2, 0.25) is 0 Å². The van der Waals surface area contributed by atoms with E-state index < -0.39 is 0 Å². The number of rotatable bonds is 0. The van der Waals surface area contributed by atoms with E-state index in [0.29, 0.717) is 0 Å². The van der Waals surface area contributed by atoms with Crippen molar-refractivity contribution in [3.63, 3.8) is 0 Å². The van der Waals surface area contributed by atoms with E-state index in [1.54, 1.807) is 6.26 Å². The highest BCUT2D eigenvalue weighted by Crippen LogP contribution is 2.17. The molecule has 52 valence electrons. The largest absolute Gasteiger partial charge is 0.475 e. The van der Waals surface area contributed by atoms with E-state index in [-0.39, 0.29) is 6.23 Å². The minimum atomic E-state index is 0.0926. The lowest BCUT2D eigenvalue weighted by molar-refractivity contribution is 0.145. The first kappa shape index (κ1) is 5.59. The van der Waals surface area contributed by atoms with E-state index in [0.717, 1.165) is 6.42 Å². The van der Waals surface area contributed by atoms with Gasteiger partial charge in [-0.2, -0.15) is 0 Å². The normalized spacial score (nSPS) is 28.0. The molecule has 10 heavy (non-hydrogen) atoms. The third-order valence-corrected chi connectivity index (χ3v) is 1.66. The molecular formula is C8H9NO. The molecule has 0 bridgehead atoms. The highest BCUT2D eigenvalue weighted by Gasteiger charge is 2.15. The molecule has 1 N–H and O–H groups in total. The summed E-state index contributed by atoms with van der Waals surface area (Å²) in [5.74, 6) is 0. The molecule has 0 radical (unpaired) electrons. The van der Waals surface area contributed by atoms with Crippen LogP contribution in [0.4, 0.5) is 0 Å². The van der Waals surface area contributed by atoms with Crippen molar-refractivity contribution in [2.75, 3.05) is 0 Å². The Morgan fingerprint density at radius 2 is 2.60 bits per heavy atom. The van der Waals surface area contributed by atoms with Crippen molar-refractivity contribution in [1.82, 2.24) is 5.32 Å². The van der Waals surface area contributed by atoms with Crippen molar-refractivity contribution in [1.29, 1.82) is 0 Å². The molecule has 0 aliphatic carbocycles. The molecule has 0 fully saturated rings. The average Bonchev–Trinajstić information content (AvgIpc) is 2.05. The van der Waals surface area contributed by atoms with Crippen LogP contribution in [0.2, 0.25) is 0 Å². The van der Waals surface area contributed by atoms with Crippen molar-refractivity contribution in [2.24, 2.45) is 0 Å². The molecule has 0 spiro atoms. The molecule has 0 aromatic heterocycles. The van der Waals surface area contributed by atoms with Crippen LogP contribution in [-0.4, -0.2) is 6.23 Å². The molecule has 2 aliphatic rings. The van der Waals surface area contributed by atoms with Crippen LogP contribution in [-0.2, 0) is 4.74 Å². The van der Waals surface area contributed by atoms with Crippen LogP contribution >= 0.6 is 0 Å². The van der Waals surface area contributed by atoms with E-state index in [2.05, 4.69) is 11.4 Å². The minimum Gasteiger partial charge on any atom is -0.475 e. The van der Waals surface area contributed by atoms with E-state index in [1.807, 2.05) is 18.4 Å². The van der Waals surface area contributed by atoms with Gasteiger partial charge in [-0.1, -0.05) is 6.08 Å². The first-order valence-corrected chi connectivity index (χ1v) is 3.39.